The van der Waals surface area contributed by atoms with Crippen LogP contribution in [0.25, 0.3) is 5.65 Å². The fourth-order valence-electron chi connectivity index (χ4n) is 1.67. The molecule has 0 saturated carbocycles. The van der Waals surface area contributed by atoms with Gasteiger partial charge in [-0.25, -0.2) is 13.4 Å². The van der Waals surface area contributed by atoms with Crippen LogP contribution in [0.4, 0.5) is 0 Å². The highest BCUT2D eigenvalue weighted by Crippen LogP contribution is 2.15. The standard InChI is InChI=1S/C11H13ClN2O2S/c12-6-1-2-9-17(15,16)11-5-3-4-10-13-7-8-14(10)11/h3-5,7-8H,1-2,6,9H2. The van der Waals surface area contributed by atoms with Crippen molar-refractivity contribution in [1.82, 2.24) is 9.38 Å². The van der Waals surface area contributed by atoms with Crippen LogP contribution in [0.2, 0.25) is 0 Å². The summed E-state index contributed by atoms with van der Waals surface area (Å²) in [5.41, 5.74) is 0.642. The minimum atomic E-state index is -3.26. The highest BCUT2D eigenvalue weighted by atomic mass is 35.5. The van der Waals surface area contributed by atoms with Crippen LogP contribution in [-0.2, 0) is 9.84 Å². The number of hydrogen-bond donors (Lipinski definition) is 0. The smallest absolute Gasteiger partial charge is 0.194 e. The molecule has 0 unspecified atom stereocenters. The molecule has 0 amide bonds. The maximum atomic E-state index is 12.1. The van der Waals surface area contributed by atoms with Crippen molar-refractivity contribution in [2.45, 2.75) is 17.9 Å². The molecule has 0 atom stereocenters. The molecule has 0 aromatic carbocycles. The van der Waals surface area contributed by atoms with E-state index in [4.69, 9.17) is 11.6 Å². The fraction of sp³-hybridized carbons (Fsp3) is 0.364. The number of imidazole rings is 1. The van der Waals surface area contributed by atoms with Gasteiger partial charge in [0, 0.05) is 18.3 Å². The molecular weight excluding hydrogens is 260 g/mol. The number of hydrogen-bond acceptors (Lipinski definition) is 3. The molecule has 0 radical (unpaired) electrons. The van der Waals surface area contributed by atoms with Crippen LogP contribution < -0.4 is 0 Å². The molecule has 2 aromatic rings. The first-order valence-corrected chi connectivity index (χ1v) is 7.54. The lowest BCUT2D eigenvalue weighted by Gasteiger charge is -2.06. The Hall–Kier alpha value is -1.07. The number of fused-ring (bicyclic) bond motifs is 1. The lowest BCUT2D eigenvalue weighted by Crippen LogP contribution is -2.11. The van der Waals surface area contributed by atoms with Crippen LogP contribution in [0.3, 0.4) is 0 Å². The molecule has 2 aromatic heterocycles. The molecule has 0 bridgehead atoms. The fourth-order valence-corrected chi connectivity index (χ4v) is 3.39. The number of aromatic nitrogens is 2. The Morgan fingerprint density at radius 1 is 1.29 bits per heavy atom. The van der Waals surface area contributed by atoms with Crippen molar-refractivity contribution < 1.29 is 8.42 Å². The average molecular weight is 273 g/mol. The summed E-state index contributed by atoms with van der Waals surface area (Å²) in [5.74, 6) is 0.613. The highest BCUT2D eigenvalue weighted by molar-refractivity contribution is 7.91. The number of halogens is 1. The quantitative estimate of drug-likeness (QED) is 0.619. The van der Waals surface area contributed by atoms with Crippen molar-refractivity contribution >= 4 is 27.1 Å². The maximum Gasteiger partial charge on any atom is 0.194 e. The van der Waals surface area contributed by atoms with E-state index in [1.807, 2.05) is 0 Å². The largest absolute Gasteiger partial charge is 0.290 e. The predicted octanol–water partition coefficient (Wildman–Crippen LogP) is 2.13. The number of unbranched alkanes of at least 4 members (excludes halogenated alkanes) is 1. The lowest BCUT2D eigenvalue weighted by molar-refractivity contribution is 0.587. The van der Waals surface area contributed by atoms with Crippen molar-refractivity contribution in [3.63, 3.8) is 0 Å². The van der Waals surface area contributed by atoms with Crippen molar-refractivity contribution in [2.24, 2.45) is 0 Å². The molecule has 0 spiro atoms. The third-order valence-corrected chi connectivity index (χ3v) is 4.57. The molecule has 0 aliphatic heterocycles. The van der Waals surface area contributed by atoms with Crippen LogP contribution in [0.5, 0.6) is 0 Å². The molecule has 0 saturated heterocycles. The normalized spacial score (nSPS) is 12.1. The highest BCUT2D eigenvalue weighted by Gasteiger charge is 2.17. The molecule has 0 aliphatic rings. The van der Waals surface area contributed by atoms with Gasteiger partial charge >= 0.3 is 0 Å². The number of nitrogens with zero attached hydrogens (tertiary/aromatic N) is 2. The van der Waals surface area contributed by atoms with E-state index in [9.17, 15) is 8.42 Å². The molecule has 4 nitrogen and oxygen atoms in total. The Labute approximate surface area is 105 Å². The van der Waals surface area contributed by atoms with Crippen LogP contribution in [0, 0.1) is 0 Å². The first-order valence-electron chi connectivity index (χ1n) is 5.36. The van der Waals surface area contributed by atoms with E-state index in [1.54, 1.807) is 35.0 Å². The van der Waals surface area contributed by atoms with Gasteiger partial charge in [-0.1, -0.05) is 6.07 Å². The molecule has 0 N–H and O–H groups in total. The Bertz CT molecular complexity index is 607. The molecule has 2 heterocycles. The van der Waals surface area contributed by atoms with Crippen LogP contribution in [0.1, 0.15) is 12.8 Å². The summed E-state index contributed by atoms with van der Waals surface area (Å²) in [4.78, 5) is 4.07. The molecule has 17 heavy (non-hydrogen) atoms. The predicted molar refractivity (Wildman–Crippen MR) is 67.2 cm³/mol. The van der Waals surface area contributed by atoms with E-state index >= 15 is 0 Å². The molecule has 2 rings (SSSR count). The topological polar surface area (TPSA) is 51.4 Å². The van der Waals surface area contributed by atoms with Crippen molar-refractivity contribution in [3.05, 3.63) is 30.6 Å². The first-order chi connectivity index (χ1) is 8.15. The summed E-state index contributed by atoms with van der Waals surface area (Å²) in [5, 5.41) is 0.294. The Kier molecular flexibility index (Phi) is 3.69. The molecule has 6 heteroatoms. The van der Waals surface area contributed by atoms with E-state index in [0.29, 0.717) is 29.4 Å². The number of pyridine rings is 1. The lowest BCUT2D eigenvalue weighted by atomic mass is 10.4. The third kappa shape index (κ3) is 2.61. The van der Waals surface area contributed by atoms with Crippen molar-refractivity contribution in [1.29, 1.82) is 0 Å². The second-order valence-corrected chi connectivity index (χ2v) is 6.17. The van der Waals surface area contributed by atoms with E-state index in [1.165, 1.54) is 0 Å². The zero-order chi connectivity index (χ0) is 12.3. The van der Waals surface area contributed by atoms with E-state index < -0.39 is 9.84 Å². The van der Waals surface area contributed by atoms with Gasteiger partial charge in [0.1, 0.15) is 10.7 Å². The number of alkyl halides is 1. The summed E-state index contributed by atoms with van der Waals surface area (Å²) < 4.78 is 25.8. The average Bonchev–Trinajstić information content (AvgIpc) is 2.76. The van der Waals surface area contributed by atoms with Gasteiger partial charge in [0.25, 0.3) is 0 Å². The zero-order valence-corrected chi connectivity index (χ0v) is 10.8. The summed E-state index contributed by atoms with van der Waals surface area (Å²) in [6.45, 7) is 0. The van der Waals surface area contributed by atoms with Crippen molar-refractivity contribution in [3.8, 4) is 0 Å². The van der Waals surface area contributed by atoms with Gasteiger partial charge in [0.15, 0.2) is 9.84 Å². The van der Waals surface area contributed by atoms with Crippen LogP contribution in [-0.4, -0.2) is 29.4 Å². The Morgan fingerprint density at radius 2 is 2.12 bits per heavy atom. The van der Waals surface area contributed by atoms with Gasteiger partial charge in [-0.15, -0.1) is 11.6 Å². The van der Waals surface area contributed by atoms with Gasteiger partial charge in [-0.05, 0) is 25.0 Å². The van der Waals surface area contributed by atoms with E-state index in [2.05, 4.69) is 4.98 Å². The molecule has 92 valence electrons. The van der Waals surface area contributed by atoms with Gasteiger partial charge in [0.2, 0.25) is 0 Å². The number of rotatable bonds is 5. The number of sulfone groups is 1. The van der Waals surface area contributed by atoms with Crippen LogP contribution in [0.15, 0.2) is 35.6 Å². The van der Waals surface area contributed by atoms with E-state index in [-0.39, 0.29) is 5.75 Å². The maximum absolute atomic E-state index is 12.1. The molecule has 0 fully saturated rings. The Balaban J connectivity index is 2.35. The molecular formula is C11H13ClN2O2S. The van der Waals surface area contributed by atoms with Gasteiger partial charge < -0.3 is 0 Å². The van der Waals surface area contributed by atoms with Crippen molar-refractivity contribution in [2.75, 3.05) is 11.6 Å². The van der Waals surface area contributed by atoms with Gasteiger partial charge in [-0.3, -0.25) is 4.40 Å². The second kappa shape index (κ2) is 5.06. The summed E-state index contributed by atoms with van der Waals surface area (Å²) >= 11 is 5.54. The monoisotopic (exact) mass is 272 g/mol. The SMILES string of the molecule is O=S(=O)(CCCCCl)c1cccc2nccn12. The minimum absolute atomic E-state index is 0.122. The van der Waals surface area contributed by atoms with Gasteiger partial charge in [-0.2, -0.15) is 0 Å². The van der Waals surface area contributed by atoms with Gasteiger partial charge in [0.05, 0.1) is 5.75 Å². The summed E-state index contributed by atoms with van der Waals surface area (Å²) in [6, 6.07) is 5.08. The minimum Gasteiger partial charge on any atom is -0.290 e. The second-order valence-electron chi connectivity index (χ2n) is 3.73. The zero-order valence-electron chi connectivity index (χ0n) is 9.21. The Morgan fingerprint density at radius 3 is 2.88 bits per heavy atom. The van der Waals surface area contributed by atoms with Crippen LogP contribution >= 0.6 is 11.6 Å². The summed E-state index contributed by atoms with van der Waals surface area (Å²) in [7, 11) is -3.26. The third-order valence-electron chi connectivity index (χ3n) is 2.51. The van der Waals surface area contributed by atoms with E-state index in [0.717, 1.165) is 0 Å². The molecule has 0 aliphatic carbocycles. The summed E-state index contributed by atoms with van der Waals surface area (Å²) in [6.07, 6.45) is 4.54. The first kappa shape index (κ1) is 12.4.